The molecular weight excluding hydrogens is 274 g/mol. The fraction of sp³-hybridized carbons (Fsp3) is 0.462. The summed E-state index contributed by atoms with van der Waals surface area (Å²) in [6.07, 6.45) is -4.88. The summed E-state index contributed by atoms with van der Waals surface area (Å²) in [6, 6.07) is 3.71. The van der Waals surface area contributed by atoms with Crippen LogP contribution in [0.25, 0.3) is 0 Å². The van der Waals surface area contributed by atoms with Gasteiger partial charge < -0.3 is 10.2 Å². The molecule has 0 amide bonds. The van der Waals surface area contributed by atoms with Gasteiger partial charge in [-0.2, -0.15) is 18.4 Å². The van der Waals surface area contributed by atoms with Crippen LogP contribution in [-0.2, 0) is 6.18 Å². The molecular formula is C13H13F4N3. The van der Waals surface area contributed by atoms with Crippen LogP contribution in [0.5, 0.6) is 0 Å². The maximum absolute atomic E-state index is 14.2. The highest BCUT2D eigenvalue weighted by atomic mass is 19.4. The zero-order valence-electron chi connectivity index (χ0n) is 10.8. The van der Waals surface area contributed by atoms with E-state index >= 15 is 0 Å². The summed E-state index contributed by atoms with van der Waals surface area (Å²) in [5.74, 6) is -1.37. The van der Waals surface area contributed by atoms with Crippen molar-refractivity contribution < 1.29 is 17.6 Å². The summed E-state index contributed by atoms with van der Waals surface area (Å²) >= 11 is 0. The van der Waals surface area contributed by atoms with Gasteiger partial charge in [0.25, 0.3) is 0 Å². The zero-order valence-corrected chi connectivity index (χ0v) is 10.8. The van der Waals surface area contributed by atoms with Crippen LogP contribution in [-0.4, -0.2) is 25.7 Å². The Balaban J connectivity index is 2.49. The monoisotopic (exact) mass is 287 g/mol. The molecule has 7 heteroatoms. The van der Waals surface area contributed by atoms with Crippen molar-refractivity contribution in [2.75, 3.05) is 24.5 Å². The Kier molecular flexibility index (Phi) is 3.86. The lowest BCUT2D eigenvalue weighted by Gasteiger charge is -2.34. The van der Waals surface area contributed by atoms with Crippen LogP contribution in [0.1, 0.15) is 18.1 Å². The molecule has 2 rings (SSSR count). The molecule has 1 aliphatic rings. The molecule has 1 atom stereocenters. The fourth-order valence-electron chi connectivity index (χ4n) is 2.33. The van der Waals surface area contributed by atoms with Crippen molar-refractivity contribution in [3.63, 3.8) is 0 Å². The Morgan fingerprint density at radius 2 is 2.10 bits per heavy atom. The van der Waals surface area contributed by atoms with Crippen molar-refractivity contribution >= 4 is 5.69 Å². The normalized spacial score (nSPS) is 19.8. The first kappa shape index (κ1) is 14.6. The minimum Gasteiger partial charge on any atom is -0.366 e. The topological polar surface area (TPSA) is 39.1 Å². The molecule has 0 saturated carbocycles. The van der Waals surface area contributed by atoms with Gasteiger partial charge >= 0.3 is 6.18 Å². The highest BCUT2D eigenvalue weighted by molar-refractivity contribution is 5.56. The summed E-state index contributed by atoms with van der Waals surface area (Å²) in [5, 5.41) is 11.8. The van der Waals surface area contributed by atoms with E-state index in [4.69, 9.17) is 5.26 Å². The molecule has 3 nitrogen and oxygen atoms in total. The number of hydrogen-bond donors (Lipinski definition) is 1. The largest absolute Gasteiger partial charge is 0.420 e. The van der Waals surface area contributed by atoms with Crippen molar-refractivity contribution in [1.82, 2.24) is 5.32 Å². The number of halogens is 4. The Labute approximate surface area is 113 Å². The second-order valence-corrected chi connectivity index (χ2v) is 4.73. The smallest absolute Gasteiger partial charge is 0.366 e. The molecule has 1 fully saturated rings. The van der Waals surface area contributed by atoms with Crippen LogP contribution in [0.2, 0.25) is 0 Å². The molecule has 1 saturated heterocycles. The zero-order chi connectivity index (χ0) is 14.9. The molecule has 0 bridgehead atoms. The first-order chi connectivity index (χ1) is 9.34. The van der Waals surface area contributed by atoms with E-state index < -0.39 is 23.1 Å². The number of hydrogen-bond acceptors (Lipinski definition) is 3. The van der Waals surface area contributed by atoms with Gasteiger partial charge in [0.2, 0.25) is 0 Å². The van der Waals surface area contributed by atoms with E-state index in [0.717, 1.165) is 6.07 Å². The van der Waals surface area contributed by atoms with Gasteiger partial charge in [0, 0.05) is 25.7 Å². The predicted octanol–water partition coefficient (Wildman–Crippen LogP) is 2.51. The van der Waals surface area contributed by atoms with Gasteiger partial charge in [-0.3, -0.25) is 0 Å². The average Bonchev–Trinajstić information content (AvgIpc) is 2.36. The van der Waals surface area contributed by atoms with E-state index in [0.29, 0.717) is 19.6 Å². The molecule has 1 N–H and O–H groups in total. The van der Waals surface area contributed by atoms with Crippen LogP contribution < -0.4 is 10.2 Å². The number of nitrogens with zero attached hydrogens (tertiary/aromatic N) is 2. The van der Waals surface area contributed by atoms with E-state index in [1.165, 1.54) is 12.1 Å². The van der Waals surface area contributed by atoms with Crippen LogP contribution in [0.15, 0.2) is 12.1 Å². The molecule has 1 aromatic rings. The lowest BCUT2D eigenvalue weighted by molar-refractivity contribution is -0.140. The number of piperazine rings is 1. The van der Waals surface area contributed by atoms with Crippen molar-refractivity contribution in [2.24, 2.45) is 0 Å². The summed E-state index contributed by atoms with van der Waals surface area (Å²) in [6.45, 7) is 3.28. The Hall–Kier alpha value is -1.81. The van der Waals surface area contributed by atoms with E-state index in [-0.39, 0.29) is 11.7 Å². The fourth-order valence-corrected chi connectivity index (χ4v) is 2.33. The van der Waals surface area contributed by atoms with Crippen LogP contribution in [0.3, 0.4) is 0 Å². The van der Waals surface area contributed by atoms with Crippen molar-refractivity contribution in [2.45, 2.75) is 19.1 Å². The number of rotatable bonds is 1. The minimum atomic E-state index is -4.88. The molecule has 1 aromatic carbocycles. The van der Waals surface area contributed by atoms with E-state index in [9.17, 15) is 17.6 Å². The quantitative estimate of drug-likeness (QED) is 0.807. The maximum Gasteiger partial charge on any atom is 0.420 e. The second kappa shape index (κ2) is 5.29. The highest BCUT2D eigenvalue weighted by Crippen LogP contribution is 2.37. The van der Waals surface area contributed by atoms with Gasteiger partial charge in [0.1, 0.15) is 5.56 Å². The molecule has 1 unspecified atom stereocenters. The lowest BCUT2D eigenvalue weighted by atomic mass is 10.0. The lowest BCUT2D eigenvalue weighted by Crippen LogP contribution is -2.49. The molecule has 1 aliphatic heterocycles. The highest BCUT2D eigenvalue weighted by Gasteiger charge is 2.39. The van der Waals surface area contributed by atoms with E-state index in [1.807, 2.05) is 6.92 Å². The van der Waals surface area contributed by atoms with Crippen molar-refractivity contribution in [3.8, 4) is 6.07 Å². The number of benzene rings is 1. The SMILES string of the molecule is CC1CN(c2ccc(C#N)c(C(F)(F)F)c2F)CCN1. The van der Waals surface area contributed by atoms with Gasteiger partial charge in [-0.15, -0.1) is 0 Å². The first-order valence-corrected chi connectivity index (χ1v) is 6.12. The number of anilines is 1. The molecule has 20 heavy (non-hydrogen) atoms. The number of alkyl halides is 3. The molecule has 1 heterocycles. The van der Waals surface area contributed by atoms with Crippen molar-refractivity contribution in [1.29, 1.82) is 5.26 Å². The standard InChI is InChI=1S/C13H13F4N3/c1-8-7-20(5-4-19-8)10-3-2-9(6-18)11(12(10)14)13(15,16)17/h2-3,8,19H,4-5,7H2,1H3. The summed E-state index contributed by atoms with van der Waals surface area (Å²) in [4.78, 5) is 1.56. The second-order valence-electron chi connectivity index (χ2n) is 4.73. The van der Waals surface area contributed by atoms with Gasteiger partial charge in [0.05, 0.1) is 17.3 Å². The van der Waals surface area contributed by atoms with Gasteiger partial charge in [-0.25, -0.2) is 4.39 Å². The predicted molar refractivity (Wildman–Crippen MR) is 65.8 cm³/mol. The van der Waals surface area contributed by atoms with E-state index in [2.05, 4.69) is 5.32 Å². The Morgan fingerprint density at radius 1 is 1.40 bits per heavy atom. The third-order valence-electron chi connectivity index (χ3n) is 3.23. The summed E-state index contributed by atoms with van der Waals surface area (Å²) in [5.41, 5.74) is -2.28. The Bertz CT molecular complexity index is 548. The van der Waals surface area contributed by atoms with E-state index in [1.54, 1.807) is 4.90 Å². The Morgan fingerprint density at radius 3 is 2.65 bits per heavy atom. The minimum absolute atomic E-state index is 0.0631. The number of nitrogens with one attached hydrogen (secondary N) is 1. The van der Waals surface area contributed by atoms with Gasteiger partial charge in [0.15, 0.2) is 5.82 Å². The number of nitriles is 1. The van der Waals surface area contributed by atoms with Gasteiger partial charge in [-0.1, -0.05) is 0 Å². The van der Waals surface area contributed by atoms with Gasteiger partial charge in [-0.05, 0) is 19.1 Å². The first-order valence-electron chi connectivity index (χ1n) is 6.12. The third kappa shape index (κ3) is 2.70. The van der Waals surface area contributed by atoms with Crippen LogP contribution in [0, 0.1) is 17.1 Å². The average molecular weight is 287 g/mol. The van der Waals surface area contributed by atoms with Crippen molar-refractivity contribution in [3.05, 3.63) is 29.1 Å². The molecule has 108 valence electrons. The molecule has 0 aromatic heterocycles. The molecule has 0 aliphatic carbocycles. The summed E-state index contributed by atoms with van der Waals surface area (Å²) in [7, 11) is 0. The maximum atomic E-state index is 14.2. The molecule has 0 spiro atoms. The van der Waals surface area contributed by atoms with Crippen LogP contribution >= 0.6 is 0 Å². The van der Waals surface area contributed by atoms with Crippen LogP contribution in [0.4, 0.5) is 23.2 Å². The molecule has 0 radical (unpaired) electrons. The summed E-state index contributed by atoms with van der Waals surface area (Å²) < 4.78 is 52.9. The third-order valence-corrected chi connectivity index (χ3v) is 3.23.